The molecule has 0 saturated carbocycles. The Bertz CT molecular complexity index is 973. The number of rotatable bonds is 6. The summed E-state index contributed by atoms with van der Waals surface area (Å²) in [6, 6.07) is 11.8. The second-order valence-electron chi connectivity index (χ2n) is 5.42. The van der Waals surface area contributed by atoms with E-state index >= 15 is 0 Å². The number of nitriles is 1. The zero-order chi connectivity index (χ0) is 19.3. The number of hydrogen-bond acceptors (Lipinski definition) is 4. The Balaban J connectivity index is 2.11. The van der Waals surface area contributed by atoms with Crippen LogP contribution in [0.2, 0.25) is 5.02 Å². The molecule has 2 rings (SSSR count). The van der Waals surface area contributed by atoms with Gasteiger partial charge in [0.15, 0.2) is 0 Å². The number of anilines is 2. The lowest BCUT2D eigenvalue weighted by molar-refractivity contribution is -0.116. The van der Waals surface area contributed by atoms with Crippen LogP contribution in [0.4, 0.5) is 15.8 Å². The van der Waals surface area contributed by atoms with Gasteiger partial charge < -0.3 is 5.32 Å². The van der Waals surface area contributed by atoms with Gasteiger partial charge >= 0.3 is 0 Å². The van der Waals surface area contributed by atoms with E-state index in [4.69, 9.17) is 16.9 Å². The molecule has 0 unspecified atom stereocenters. The highest BCUT2D eigenvalue weighted by molar-refractivity contribution is 7.92. The summed E-state index contributed by atoms with van der Waals surface area (Å²) in [5, 5.41) is 11.2. The smallest absolute Gasteiger partial charge is 0.232 e. The fourth-order valence-corrected chi connectivity index (χ4v) is 3.31. The summed E-state index contributed by atoms with van der Waals surface area (Å²) in [5.74, 6) is -1.10. The number of sulfonamides is 1. The first kappa shape index (κ1) is 19.7. The molecular weight excluding hydrogens is 381 g/mol. The summed E-state index contributed by atoms with van der Waals surface area (Å²) >= 11 is 5.70. The summed E-state index contributed by atoms with van der Waals surface area (Å²) in [4.78, 5) is 12.1. The number of nitrogens with zero attached hydrogens (tertiary/aromatic N) is 2. The molecule has 1 N–H and O–H groups in total. The number of carbonyl (C=O) groups is 1. The summed E-state index contributed by atoms with van der Waals surface area (Å²) < 4.78 is 38.3. The third-order valence-electron chi connectivity index (χ3n) is 3.41. The van der Waals surface area contributed by atoms with Crippen molar-refractivity contribution in [1.82, 2.24) is 0 Å². The second kappa shape index (κ2) is 8.17. The van der Waals surface area contributed by atoms with E-state index in [1.807, 2.05) is 6.07 Å². The molecule has 2 aromatic rings. The van der Waals surface area contributed by atoms with E-state index < -0.39 is 21.7 Å². The maximum Gasteiger partial charge on any atom is 0.232 e. The van der Waals surface area contributed by atoms with Crippen LogP contribution in [-0.2, 0) is 14.8 Å². The van der Waals surface area contributed by atoms with E-state index in [-0.39, 0.29) is 23.7 Å². The van der Waals surface area contributed by atoms with E-state index in [2.05, 4.69) is 5.32 Å². The highest BCUT2D eigenvalue weighted by Gasteiger charge is 2.19. The monoisotopic (exact) mass is 395 g/mol. The molecule has 0 aliphatic heterocycles. The van der Waals surface area contributed by atoms with Crippen LogP contribution in [0, 0.1) is 17.1 Å². The van der Waals surface area contributed by atoms with Gasteiger partial charge in [0.1, 0.15) is 5.82 Å². The first-order valence-corrected chi connectivity index (χ1v) is 9.66. The first-order chi connectivity index (χ1) is 12.2. The van der Waals surface area contributed by atoms with Crippen molar-refractivity contribution in [1.29, 1.82) is 5.26 Å². The number of halogens is 2. The minimum atomic E-state index is -3.70. The van der Waals surface area contributed by atoms with Crippen LogP contribution in [0.5, 0.6) is 0 Å². The Kier molecular flexibility index (Phi) is 6.18. The lowest BCUT2D eigenvalue weighted by Crippen LogP contribution is -2.33. The molecule has 0 aliphatic carbocycles. The lowest BCUT2D eigenvalue weighted by atomic mass is 10.2. The number of carbonyl (C=O) groups excluding carboxylic acids is 1. The van der Waals surface area contributed by atoms with Gasteiger partial charge in [0.2, 0.25) is 15.9 Å². The number of nitrogens with one attached hydrogen (secondary N) is 1. The van der Waals surface area contributed by atoms with Crippen molar-refractivity contribution in [2.24, 2.45) is 0 Å². The van der Waals surface area contributed by atoms with Crippen LogP contribution in [0.3, 0.4) is 0 Å². The van der Waals surface area contributed by atoms with E-state index in [0.29, 0.717) is 11.3 Å². The van der Waals surface area contributed by atoms with E-state index in [1.54, 1.807) is 18.2 Å². The maximum atomic E-state index is 13.3. The summed E-state index contributed by atoms with van der Waals surface area (Å²) in [6.07, 6.45) is 0.845. The number of hydrogen-bond donors (Lipinski definition) is 1. The van der Waals surface area contributed by atoms with E-state index in [1.165, 1.54) is 18.2 Å². The van der Waals surface area contributed by atoms with Crippen LogP contribution < -0.4 is 9.62 Å². The van der Waals surface area contributed by atoms with Crippen LogP contribution in [0.1, 0.15) is 12.0 Å². The number of amides is 1. The summed E-state index contributed by atoms with van der Waals surface area (Å²) in [6.45, 7) is -0.148. The molecule has 26 heavy (non-hydrogen) atoms. The number of benzene rings is 2. The Morgan fingerprint density at radius 3 is 2.65 bits per heavy atom. The molecule has 0 saturated heterocycles. The molecule has 0 fully saturated rings. The van der Waals surface area contributed by atoms with Crippen LogP contribution in [-0.4, -0.2) is 27.1 Å². The van der Waals surface area contributed by atoms with Crippen molar-refractivity contribution in [3.63, 3.8) is 0 Å². The van der Waals surface area contributed by atoms with Crippen LogP contribution in [0.15, 0.2) is 42.5 Å². The molecular formula is C17H15ClFN3O3S. The zero-order valence-corrected chi connectivity index (χ0v) is 15.3. The normalized spacial score (nSPS) is 10.8. The molecule has 0 radical (unpaired) electrons. The van der Waals surface area contributed by atoms with Crippen molar-refractivity contribution in [3.8, 4) is 6.07 Å². The standard InChI is InChI=1S/C17H15ClFN3O3S/c1-26(24,25)22(14-5-6-16(19)15(18)10-14)8-7-17(23)21-13-4-2-3-12(9-13)11-20/h2-6,9-10H,7-8H2,1H3,(H,21,23). The van der Waals surface area contributed by atoms with Crippen LogP contribution >= 0.6 is 11.6 Å². The lowest BCUT2D eigenvalue weighted by Gasteiger charge is -2.22. The van der Waals surface area contributed by atoms with Gasteiger partial charge in [0.25, 0.3) is 0 Å². The van der Waals surface area contributed by atoms with Gasteiger partial charge in [-0.3, -0.25) is 9.10 Å². The van der Waals surface area contributed by atoms with Gasteiger partial charge in [-0.05, 0) is 36.4 Å². The molecule has 0 spiro atoms. The highest BCUT2D eigenvalue weighted by Crippen LogP contribution is 2.24. The molecule has 0 aromatic heterocycles. The van der Waals surface area contributed by atoms with Crippen molar-refractivity contribution in [2.75, 3.05) is 22.4 Å². The molecule has 0 bridgehead atoms. The first-order valence-electron chi connectivity index (χ1n) is 7.43. The van der Waals surface area contributed by atoms with Crippen molar-refractivity contribution in [2.45, 2.75) is 6.42 Å². The molecule has 9 heteroatoms. The zero-order valence-electron chi connectivity index (χ0n) is 13.7. The van der Waals surface area contributed by atoms with E-state index in [0.717, 1.165) is 16.6 Å². The Hall–Kier alpha value is -2.63. The van der Waals surface area contributed by atoms with Crippen molar-refractivity contribution < 1.29 is 17.6 Å². The third-order valence-corrected chi connectivity index (χ3v) is 4.89. The molecule has 6 nitrogen and oxygen atoms in total. The Morgan fingerprint density at radius 1 is 1.31 bits per heavy atom. The van der Waals surface area contributed by atoms with Gasteiger partial charge in [-0.1, -0.05) is 17.7 Å². The van der Waals surface area contributed by atoms with Gasteiger partial charge in [0, 0.05) is 18.7 Å². The molecule has 1 amide bonds. The molecule has 0 atom stereocenters. The Morgan fingerprint density at radius 2 is 2.04 bits per heavy atom. The summed E-state index contributed by atoms with van der Waals surface area (Å²) in [5.41, 5.74) is 0.990. The maximum absolute atomic E-state index is 13.3. The summed E-state index contributed by atoms with van der Waals surface area (Å²) in [7, 11) is -3.70. The third kappa shape index (κ3) is 5.18. The highest BCUT2D eigenvalue weighted by atomic mass is 35.5. The van der Waals surface area contributed by atoms with Gasteiger partial charge in [-0.2, -0.15) is 5.26 Å². The average Bonchev–Trinajstić information content (AvgIpc) is 2.57. The van der Waals surface area contributed by atoms with Gasteiger partial charge in [-0.25, -0.2) is 12.8 Å². The fourth-order valence-electron chi connectivity index (χ4n) is 2.22. The quantitative estimate of drug-likeness (QED) is 0.813. The molecule has 0 heterocycles. The second-order valence-corrected chi connectivity index (χ2v) is 7.74. The molecule has 0 aliphatic rings. The minimum Gasteiger partial charge on any atom is -0.326 e. The van der Waals surface area contributed by atoms with Gasteiger partial charge in [-0.15, -0.1) is 0 Å². The SMILES string of the molecule is CS(=O)(=O)N(CCC(=O)Nc1cccc(C#N)c1)c1ccc(F)c(Cl)c1. The minimum absolute atomic E-state index is 0.140. The molecule has 136 valence electrons. The van der Waals surface area contributed by atoms with Crippen molar-refractivity contribution in [3.05, 3.63) is 58.9 Å². The van der Waals surface area contributed by atoms with Crippen molar-refractivity contribution >= 4 is 38.9 Å². The average molecular weight is 396 g/mol. The molecule has 2 aromatic carbocycles. The predicted molar refractivity (Wildman–Crippen MR) is 98.0 cm³/mol. The van der Waals surface area contributed by atoms with Crippen LogP contribution in [0.25, 0.3) is 0 Å². The largest absolute Gasteiger partial charge is 0.326 e. The van der Waals surface area contributed by atoms with Gasteiger partial charge in [0.05, 0.1) is 28.6 Å². The Labute approximate surface area is 155 Å². The fraction of sp³-hybridized carbons (Fsp3) is 0.176. The van der Waals surface area contributed by atoms with E-state index in [9.17, 15) is 17.6 Å². The topological polar surface area (TPSA) is 90.3 Å². The predicted octanol–water partition coefficient (Wildman–Crippen LogP) is 3.15.